The minimum absolute atomic E-state index is 0.0361. The second kappa shape index (κ2) is 10.3. The zero-order valence-electron chi connectivity index (χ0n) is 16.1. The zero-order chi connectivity index (χ0) is 23.0. The van der Waals surface area contributed by atoms with Crippen molar-refractivity contribution in [1.29, 1.82) is 0 Å². The standard InChI is InChI=1S/C20H20N2O8S/c23-17(9-11-19(25)26)21-13-1-5-15(6-2-13)31(29,30)16-7-3-14(4-8-16)22-18(24)10-12-20(27)28/h1-8H,9-12H2,(H,21,23)(H,22,24)(H,25,26)(H,27,28)/p-2. The van der Waals surface area contributed by atoms with Crippen LogP contribution in [0, 0.1) is 0 Å². The summed E-state index contributed by atoms with van der Waals surface area (Å²) in [6.45, 7) is 0. The molecule has 0 heterocycles. The Balaban J connectivity index is 2.04. The van der Waals surface area contributed by atoms with Crippen LogP contribution >= 0.6 is 0 Å². The SMILES string of the molecule is O=C([O-])CCC(=O)Nc1ccc(S(=O)(=O)c2ccc(NC(=O)CCC(=O)[O-])cc2)cc1. The highest BCUT2D eigenvalue weighted by atomic mass is 32.2. The summed E-state index contributed by atoms with van der Waals surface area (Å²) >= 11 is 0. The molecule has 10 nitrogen and oxygen atoms in total. The first-order chi connectivity index (χ1) is 14.6. The molecule has 0 aliphatic carbocycles. The van der Waals surface area contributed by atoms with Gasteiger partial charge < -0.3 is 30.4 Å². The van der Waals surface area contributed by atoms with Crippen LogP contribution in [-0.2, 0) is 29.0 Å². The van der Waals surface area contributed by atoms with E-state index >= 15 is 0 Å². The van der Waals surface area contributed by atoms with Crippen LogP contribution in [0.4, 0.5) is 11.4 Å². The van der Waals surface area contributed by atoms with Gasteiger partial charge in [0, 0.05) is 36.2 Å². The van der Waals surface area contributed by atoms with Crippen LogP contribution in [0.25, 0.3) is 0 Å². The lowest BCUT2D eigenvalue weighted by Crippen LogP contribution is -2.24. The van der Waals surface area contributed by atoms with Crippen LogP contribution in [0.5, 0.6) is 0 Å². The molecule has 0 aromatic heterocycles. The summed E-state index contributed by atoms with van der Waals surface area (Å²) in [4.78, 5) is 43.9. The smallest absolute Gasteiger partial charge is 0.224 e. The minimum Gasteiger partial charge on any atom is -0.550 e. The maximum Gasteiger partial charge on any atom is 0.224 e. The highest BCUT2D eigenvalue weighted by Crippen LogP contribution is 2.24. The molecule has 0 spiro atoms. The zero-order valence-corrected chi connectivity index (χ0v) is 16.9. The third kappa shape index (κ3) is 7.23. The number of benzene rings is 2. The molecule has 11 heteroatoms. The minimum atomic E-state index is -3.87. The summed E-state index contributed by atoms with van der Waals surface area (Å²) in [5.41, 5.74) is 0.605. The van der Waals surface area contributed by atoms with Gasteiger partial charge >= 0.3 is 0 Å². The number of nitrogens with one attached hydrogen (secondary N) is 2. The van der Waals surface area contributed by atoms with Crippen LogP contribution in [-0.4, -0.2) is 32.2 Å². The molecule has 2 aromatic carbocycles. The fraction of sp³-hybridized carbons (Fsp3) is 0.200. The summed E-state index contributed by atoms with van der Waals surface area (Å²) in [5, 5.41) is 25.6. The first-order valence-corrected chi connectivity index (χ1v) is 10.5. The van der Waals surface area contributed by atoms with Gasteiger partial charge in [-0.05, 0) is 61.4 Å². The normalized spacial score (nSPS) is 10.8. The van der Waals surface area contributed by atoms with E-state index in [-0.39, 0.29) is 22.6 Å². The number of carboxylic acids is 2. The maximum absolute atomic E-state index is 12.7. The molecule has 0 atom stereocenters. The largest absolute Gasteiger partial charge is 0.550 e. The van der Waals surface area contributed by atoms with E-state index < -0.39 is 46.4 Å². The Labute approximate surface area is 177 Å². The first kappa shape index (κ1) is 23.5. The molecular formula is C20H18N2O8S-2. The van der Waals surface area contributed by atoms with Crippen LogP contribution in [0.15, 0.2) is 58.3 Å². The van der Waals surface area contributed by atoms with Crippen LogP contribution in [0.1, 0.15) is 25.7 Å². The van der Waals surface area contributed by atoms with Crippen molar-refractivity contribution >= 4 is 45.0 Å². The van der Waals surface area contributed by atoms with Gasteiger partial charge in [-0.2, -0.15) is 0 Å². The van der Waals surface area contributed by atoms with Gasteiger partial charge in [-0.25, -0.2) is 8.42 Å². The average Bonchev–Trinajstić information content (AvgIpc) is 2.71. The number of aliphatic carboxylic acids is 2. The first-order valence-electron chi connectivity index (χ1n) is 9.02. The molecule has 0 saturated carbocycles. The fourth-order valence-electron chi connectivity index (χ4n) is 2.45. The molecule has 2 N–H and O–H groups in total. The van der Waals surface area contributed by atoms with E-state index in [1.165, 1.54) is 48.5 Å². The predicted molar refractivity (Wildman–Crippen MR) is 104 cm³/mol. The Morgan fingerprint density at radius 3 is 1.23 bits per heavy atom. The van der Waals surface area contributed by atoms with Crippen molar-refractivity contribution in [3.63, 3.8) is 0 Å². The van der Waals surface area contributed by atoms with E-state index in [1.807, 2.05) is 0 Å². The Morgan fingerprint density at radius 1 is 0.613 bits per heavy atom. The molecule has 2 rings (SSSR count). The monoisotopic (exact) mass is 446 g/mol. The molecule has 0 aliphatic heterocycles. The lowest BCUT2D eigenvalue weighted by atomic mass is 10.2. The lowest BCUT2D eigenvalue weighted by Gasteiger charge is -2.09. The summed E-state index contributed by atoms with van der Waals surface area (Å²) in [7, 11) is -3.87. The quantitative estimate of drug-likeness (QED) is 0.489. The van der Waals surface area contributed by atoms with Crippen molar-refractivity contribution in [3.05, 3.63) is 48.5 Å². The summed E-state index contributed by atoms with van der Waals surface area (Å²) < 4.78 is 25.5. The van der Waals surface area contributed by atoms with Gasteiger partial charge in [0.25, 0.3) is 0 Å². The molecular weight excluding hydrogens is 428 g/mol. The highest BCUT2D eigenvalue weighted by Gasteiger charge is 2.18. The number of hydrogen-bond acceptors (Lipinski definition) is 8. The predicted octanol–water partition coefficient (Wildman–Crippen LogP) is -0.543. The maximum atomic E-state index is 12.7. The number of carbonyl (C=O) groups excluding carboxylic acids is 4. The number of anilines is 2. The molecule has 2 amide bonds. The van der Waals surface area contributed by atoms with Crippen molar-refractivity contribution < 1.29 is 37.8 Å². The third-order valence-electron chi connectivity index (χ3n) is 4.01. The van der Waals surface area contributed by atoms with Crippen LogP contribution in [0.3, 0.4) is 0 Å². The van der Waals surface area contributed by atoms with Gasteiger partial charge in [-0.3, -0.25) is 9.59 Å². The Morgan fingerprint density at radius 2 is 0.935 bits per heavy atom. The van der Waals surface area contributed by atoms with Crippen molar-refractivity contribution in [1.82, 2.24) is 0 Å². The number of carboxylic acid groups (broad SMARTS) is 2. The van der Waals surface area contributed by atoms with Gasteiger partial charge in [-0.1, -0.05) is 0 Å². The summed E-state index contributed by atoms with van der Waals surface area (Å²) in [6.07, 6.45) is -1.38. The third-order valence-corrected chi connectivity index (χ3v) is 5.79. The van der Waals surface area contributed by atoms with Crippen molar-refractivity contribution in [2.45, 2.75) is 35.5 Å². The van der Waals surface area contributed by atoms with Crippen LogP contribution in [0.2, 0.25) is 0 Å². The Hall–Kier alpha value is -3.73. The van der Waals surface area contributed by atoms with E-state index in [1.54, 1.807) is 0 Å². The number of hydrogen-bond donors (Lipinski definition) is 2. The average molecular weight is 446 g/mol. The molecule has 0 bridgehead atoms. The van der Waals surface area contributed by atoms with Gasteiger partial charge in [-0.15, -0.1) is 0 Å². The molecule has 2 aromatic rings. The van der Waals surface area contributed by atoms with Crippen molar-refractivity contribution in [2.24, 2.45) is 0 Å². The van der Waals surface area contributed by atoms with Gasteiger partial charge in [0.15, 0.2) is 0 Å². The van der Waals surface area contributed by atoms with E-state index in [0.29, 0.717) is 11.4 Å². The molecule has 0 radical (unpaired) electrons. The highest BCUT2D eigenvalue weighted by molar-refractivity contribution is 7.91. The molecule has 0 fully saturated rings. The Bertz CT molecular complexity index is 996. The molecule has 0 unspecified atom stereocenters. The van der Waals surface area contributed by atoms with E-state index in [9.17, 15) is 37.8 Å². The molecule has 0 aliphatic rings. The van der Waals surface area contributed by atoms with E-state index in [4.69, 9.17) is 0 Å². The van der Waals surface area contributed by atoms with Gasteiger partial charge in [0.2, 0.25) is 21.7 Å². The lowest BCUT2D eigenvalue weighted by molar-refractivity contribution is -0.307. The van der Waals surface area contributed by atoms with E-state index in [0.717, 1.165) is 0 Å². The number of amides is 2. The second-order valence-electron chi connectivity index (χ2n) is 6.39. The van der Waals surface area contributed by atoms with Crippen molar-refractivity contribution in [3.8, 4) is 0 Å². The number of rotatable bonds is 10. The summed E-state index contributed by atoms with van der Waals surface area (Å²) in [5.74, 6) is -3.78. The van der Waals surface area contributed by atoms with Gasteiger partial charge in [0.05, 0.1) is 9.79 Å². The van der Waals surface area contributed by atoms with E-state index in [2.05, 4.69) is 10.6 Å². The second-order valence-corrected chi connectivity index (χ2v) is 8.34. The fourth-order valence-corrected chi connectivity index (χ4v) is 3.71. The number of carbonyl (C=O) groups is 4. The topological polar surface area (TPSA) is 173 Å². The molecule has 0 saturated heterocycles. The molecule has 31 heavy (non-hydrogen) atoms. The molecule has 164 valence electrons. The Kier molecular flexibility index (Phi) is 7.86. The summed E-state index contributed by atoms with van der Waals surface area (Å²) in [6, 6.07) is 10.6. The number of sulfone groups is 1. The van der Waals surface area contributed by atoms with Crippen molar-refractivity contribution in [2.75, 3.05) is 10.6 Å². The van der Waals surface area contributed by atoms with Crippen LogP contribution < -0.4 is 20.8 Å². The van der Waals surface area contributed by atoms with Gasteiger partial charge in [0.1, 0.15) is 0 Å².